The third-order valence-corrected chi connectivity index (χ3v) is 9.87. The second-order valence-corrected chi connectivity index (χ2v) is 12.8. The van der Waals surface area contributed by atoms with Crippen LogP contribution in [0.2, 0.25) is 0 Å². The average molecular weight is 630 g/mol. The van der Waals surface area contributed by atoms with E-state index in [9.17, 15) is 0 Å². The van der Waals surface area contributed by atoms with Crippen LogP contribution in [0, 0.1) is 0 Å². The van der Waals surface area contributed by atoms with Crippen molar-refractivity contribution in [2.75, 3.05) is 4.90 Å². The molecule has 232 valence electrons. The zero-order chi connectivity index (χ0) is 32.3. The monoisotopic (exact) mass is 629 g/mol. The standard InChI is InChI=1S/C46H31NO2/c1-2-11-30(12-3-1)31-21-24-35(25-22-31)47(41-18-10-20-44-46(41)37-16-7-9-19-42(37)48-44)40-17-8-6-15-36(40)34-23-26-43-38(28-34)39-27-32-13-4-5-14-33(32)29-45(39)49-43/h2,4-29H,1,3H2. The van der Waals surface area contributed by atoms with Gasteiger partial charge in [0.1, 0.15) is 22.3 Å². The first kappa shape index (κ1) is 27.8. The molecule has 9 aromatic rings. The van der Waals surface area contributed by atoms with Crippen LogP contribution in [-0.4, -0.2) is 0 Å². The topological polar surface area (TPSA) is 29.5 Å². The minimum Gasteiger partial charge on any atom is -0.456 e. The summed E-state index contributed by atoms with van der Waals surface area (Å²) in [6.07, 6.45) is 9.02. The van der Waals surface area contributed by atoms with Gasteiger partial charge in [-0.15, -0.1) is 0 Å². The number of nitrogens with zero attached hydrogens (tertiary/aromatic N) is 1. The summed E-state index contributed by atoms with van der Waals surface area (Å²) >= 11 is 0. The lowest BCUT2D eigenvalue weighted by Crippen LogP contribution is -2.11. The van der Waals surface area contributed by atoms with Crippen molar-refractivity contribution in [1.29, 1.82) is 0 Å². The predicted octanol–water partition coefficient (Wildman–Crippen LogP) is 13.5. The van der Waals surface area contributed by atoms with Gasteiger partial charge < -0.3 is 13.7 Å². The molecule has 1 aliphatic rings. The molecule has 0 bridgehead atoms. The first-order chi connectivity index (χ1) is 24.3. The molecule has 2 heterocycles. The maximum absolute atomic E-state index is 6.39. The molecule has 49 heavy (non-hydrogen) atoms. The zero-order valence-corrected chi connectivity index (χ0v) is 26.8. The van der Waals surface area contributed by atoms with Crippen LogP contribution in [0.1, 0.15) is 18.4 Å². The molecule has 1 aliphatic carbocycles. The fourth-order valence-electron chi connectivity index (χ4n) is 7.52. The van der Waals surface area contributed by atoms with E-state index in [1.807, 2.05) is 12.1 Å². The van der Waals surface area contributed by atoms with Crippen LogP contribution in [-0.2, 0) is 0 Å². The van der Waals surface area contributed by atoms with E-state index < -0.39 is 0 Å². The molecule has 0 aliphatic heterocycles. The summed E-state index contributed by atoms with van der Waals surface area (Å²) < 4.78 is 12.8. The number of furan rings is 2. The summed E-state index contributed by atoms with van der Waals surface area (Å²) in [5, 5.41) is 6.82. The van der Waals surface area contributed by atoms with E-state index in [2.05, 4.69) is 157 Å². The van der Waals surface area contributed by atoms with Crippen LogP contribution in [0.4, 0.5) is 17.1 Å². The molecule has 0 saturated carbocycles. The fourth-order valence-corrected chi connectivity index (χ4v) is 7.52. The third kappa shape index (κ3) is 4.58. The van der Waals surface area contributed by atoms with E-state index in [0.717, 1.165) is 84.9 Å². The lowest BCUT2D eigenvalue weighted by Gasteiger charge is -2.28. The Labute approximate surface area is 283 Å². The van der Waals surface area contributed by atoms with Gasteiger partial charge in [-0.3, -0.25) is 0 Å². The highest BCUT2D eigenvalue weighted by molar-refractivity contribution is 6.14. The molecule has 10 rings (SSSR count). The van der Waals surface area contributed by atoms with E-state index >= 15 is 0 Å². The predicted molar refractivity (Wildman–Crippen MR) is 205 cm³/mol. The molecule has 0 amide bonds. The summed E-state index contributed by atoms with van der Waals surface area (Å²) in [5.41, 5.74) is 11.5. The van der Waals surface area contributed by atoms with E-state index in [1.165, 1.54) is 21.9 Å². The van der Waals surface area contributed by atoms with Gasteiger partial charge in [-0.2, -0.15) is 0 Å². The van der Waals surface area contributed by atoms with Crippen LogP contribution >= 0.6 is 0 Å². The van der Waals surface area contributed by atoms with E-state index in [1.54, 1.807) is 0 Å². The van der Waals surface area contributed by atoms with Gasteiger partial charge in [-0.1, -0.05) is 103 Å². The second-order valence-electron chi connectivity index (χ2n) is 12.8. The molecule has 0 radical (unpaired) electrons. The average Bonchev–Trinajstić information content (AvgIpc) is 3.73. The molecule has 0 atom stereocenters. The van der Waals surface area contributed by atoms with Crippen molar-refractivity contribution in [3.05, 3.63) is 169 Å². The van der Waals surface area contributed by atoms with Crippen molar-refractivity contribution in [2.45, 2.75) is 12.8 Å². The molecule has 0 spiro atoms. The Bertz CT molecular complexity index is 2780. The summed E-state index contributed by atoms with van der Waals surface area (Å²) in [7, 11) is 0. The van der Waals surface area contributed by atoms with Gasteiger partial charge in [0.15, 0.2) is 0 Å². The van der Waals surface area contributed by atoms with Gasteiger partial charge in [0.05, 0.1) is 16.8 Å². The van der Waals surface area contributed by atoms with Crippen LogP contribution in [0.25, 0.3) is 71.3 Å². The van der Waals surface area contributed by atoms with Gasteiger partial charge in [-0.25, -0.2) is 0 Å². The zero-order valence-electron chi connectivity index (χ0n) is 26.8. The second kappa shape index (κ2) is 11.1. The molecule has 0 unspecified atom stereocenters. The summed E-state index contributed by atoms with van der Waals surface area (Å²) in [4.78, 5) is 2.39. The number of rotatable bonds is 5. The Morgan fingerprint density at radius 3 is 2.04 bits per heavy atom. The largest absolute Gasteiger partial charge is 0.456 e. The van der Waals surface area contributed by atoms with Gasteiger partial charge in [-0.05, 0) is 101 Å². The first-order valence-corrected chi connectivity index (χ1v) is 16.9. The highest BCUT2D eigenvalue weighted by Gasteiger charge is 2.22. The Morgan fingerprint density at radius 1 is 0.469 bits per heavy atom. The highest BCUT2D eigenvalue weighted by atomic mass is 16.3. The van der Waals surface area contributed by atoms with Gasteiger partial charge in [0.25, 0.3) is 0 Å². The number of para-hydroxylation sites is 2. The molecule has 3 nitrogen and oxygen atoms in total. The van der Waals surface area contributed by atoms with Crippen LogP contribution in [0.15, 0.2) is 173 Å². The van der Waals surface area contributed by atoms with Crippen molar-refractivity contribution in [1.82, 2.24) is 0 Å². The number of allylic oxidation sites excluding steroid dienone is 4. The van der Waals surface area contributed by atoms with Crippen molar-refractivity contribution in [3.8, 4) is 11.1 Å². The molecular weight excluding hydrogens is 599 g/mol. The summed E-state index contributed by atoms with van der Waals surface area (Å²) in [6, 6.07) is 51.8. The normalized spacial score (nSPS) is 13.2. The van der Waals surface area contributed by atoms with E-state index in [0.29, 0.717) is 0 Å². The lowest BCUT2D eigenvalue weighted by atomic mass is 9.97. The van der Waals surface area contributed by atoms with Crippen molar-refractivity contribution >= 4 is 77.3 Å². The Balaban J connectivity index is 1.19. The molecular formula is C46H31NO2. The maximum atomic E-state index is 6.39. The molecule has 0 N–H and O–H groups in total. The number of hydrogen-bond donors (Lipinski definition) is 0. The SMILES string of the molecule is C1=CC(c2ccc(N(c3ccccc3-c3ccc4oc5cc6ccccc6cc5c4c3)c3cccc4oc5ccccc5c34)cc2)=CCC1. The van der Waals surface area contributed by atoms with Crippen LogP contribution < -0.4 is 4.90 Å². The number of benzene rings is 7. The molecule has 3 heteroatoms. The summed E-state index contributed by atoms with van der Waals surface area (Å²) in [6.45, 7) is 0. The smallest absolute Gasteiger partial charge is 0.137 e. The van der Waals surface area contributed by atoms with E-state index in [-0.39, 0.29) is 0 Å². The molecule has 2 aromatic heterocycles. The maximum Gasteiger partial charge on any atom is 0.137 e. The number of anilines is 3. The van der Waals surface area contributed by atoms with Crippen LogP contribution in [0.3, 0.4) is 0 Å². The summed E-state index contributed by atoms with van der Waals surface area (Å²) in [5.74, 6) is 0. The molecule has 0 saturated heterocycles. The lowest BCUT2D eigenvalue weighted by molar-refractivity contribution is 0.669. The number of hydrogen-bond acceptors (Lipinski definition) is 3. The Hall–Kier alpha value is -6.32. The number of fused-ring (bicyclic) bond motifs is 7. The Morgan fingerprint density at radius 2 is 1.16 bits per heavy atom. The fraction of sp³-hybridized carbons (Fsp3) is 0.0435. The van der Waals surface area contributed by atoms with Crippen molar-refractivity contribution < 1.29 is 8.83 Å². The Kier molecular flexibility index (Phi) is 6.31. The van der Waals surface area contributed by atoms with Gasteiger partial charge >= 0.3 is 0 Å². The van der Waals surface area contributed by atoms with Gasteiger partial charge in [0.2, 0.25) is 0 Å². The molecule has 0 fully saturated rings. The minimum atomic E-state index is 0.869. The quantitative estimate of drug-likeness (QED) is 0.190. The van der Waals surface area contributed by atoms with Crippen molar-refractivity contribution in [3.63, 3.8) is 0 Å². The van der Waals surface area contributed by atoms with Crippen molar-refractivity contribution in [2.24, 2.45) is 0 Å². The third-order valence-electron chi connectivity index (χ3n) is 9.87. The van der Waals surface area contributed by atoms with Gasteiger partial charge in [0, 0.05) is 27.4 Å². The first-order valence-electron chi connectivity index (χ1n) is 16.9. The minimum absolute atomic E-state index is 0.869. The van der Waals surface area contributed by atoms with Crippen LogP contribution in [0.5, 0.6) is 0 Å². The van der Waals surface area contributed by atoms with E-state index in [4.69, 9.17) is 8.83 Å². The highest BCUT2D eigenvalue weighted by Crippen LogP contribution is 2.46. The molecule has 7 aromatic carbocycles.